The molecule has 0 rings (SSSR count). The predicted octanol–water partition coefficient (Wildman–Crippen LogP) is 1.38. The Bertz CT molecular complexity index is 219. The number of unbranched alkanes of at least 4 members (excludes halogenated alkanes) is 1. The van der Waals surface area contributed by atoms with Crippen LogP contribution in [0.3, 0.4) is 0 Å². The minimum absolute atomic E-state index is 0.0162. The number of rotatable bonds is 7. The summed E-state index contributed by atoms with van der Waals surface area (Å²) in [6.07, 6.45) is 1.98. The van der Waals surface area contributed by atoms with Crippen LogP contribution in [0, 0.1) is 0 Å². The van der Waals surface area contributed by atoms with Crippen molar-refractivity contribution in [2.75, 3.05) is 26.2 Å². The van der Waals surface area contributed by atoms with Gasteiger partial charge in [-0.15, -0.1) is 0 Å². The maximum atomic E-state index is 11.6. The number of hydrogen-bond donors (Lipinski definition) is 1. The number of esters is 1. The SMILES string of the molecule is CCCCNC(=O)N(CC)CC(=O)OCC. The second-order valence-electron chi connectivity index (χ2n) is 3.40. The lowest BCUT2D eigenvalue weighted by atomic mass is 10.3. The maximum Gasteiger partial charge on any atom is 0.325 e. The second kappa shape index (κ2) is 9.00. The first-order valence-corrected chi connectivity index (χ1v) is 5.84. The molecule has 0 aliphatic rings. The molecule has 0 aromatic carbocycles. The van der Waals surface area contributed by atoms with E-state index in [2.05, 4.69) is 12.2 Å². The molecule has 0 aromatic heterocycles. The van der Waals surface area contributed by atoms with Crippen molar-refractivity contribution in [2.45, 2.75) is 33.6 Å². The quantitative estimate of drug-likeness (QED) is 0.531. The average molecular weight is 230 g/mol. The van der Waals surface area contributed by atoms with Gasteiger partial charge < -0.3 is 15.0 Å². The summed E-state index contributed by atoms with van der Waals surface area (Å²) in [4.78, 5) is 24.2. The van der Waals surface area contributed by atoms with Gasteiger partial charge in [-0.3, -0.25) is 4.79 Å². The Morgan fingerprint density at radius 3 is 2.44 bits per heavy atom. The van der Waals surface area contributed by atoms with Gasteiger partial charge in [0.2, 0.25) is 0 Å². The number of carbonyl (C=O) groups excluding carboxylic acids is 2. The summed E-state index contributed by atoms with van der Waals surface area (Å²) in [5.74, 6) is -0.366. The molecule has 0 unspecified atom stereocenters. The van der Waals surface area contributed by atoms with Crippen molar-refractivity contribution in [3.8, 4) is 0 Å². The molecule has 0 heterocycles. The smallest absolute Gasteiger partial charge is 0.325 e. The van der Waals surface area contributed by atoms with Crippen LogP contribution in [0.1, 0.15) is 33.6 Å². The number of carbonyl (C=O) groups is 2. The zero-order chi connectivity index (χ0) is 12.4. The molecular formula is C11H22N2O3. The molecule has 0 radical (unpaired) electrons. The fraction of sp³-hybridized carbons (Fsp3) is 0.818. The van der Waals surface area contributed by atoms with Crippen LogP contribution >= 0.6 is 0 Å². The fourth-order valence-corrected chi connectivity index (χ4v) is 1.17. The van der Waals surface area contributed by atoms with Gasteiger partial charge in [0.15, 0.2) is 0 Å². The van der Waals surface area contributed by atoms with Crippen molar-refractivity contribution < 1.29 is 14.3 Å². The van der Waals surface area contributed by atoms with Gasteiger partial charge in [0.05, 0.1) is 6.61 Å². The molecule has 0 saturated carbocycles. The first-order valence-electron chi connectivity index (χ1n) is 5.84. The van der Waals surface area contributed by atoms with Crippen LogP contribution < -0.4 is 5.32 Å². The normalized spacial score (nSPS) is 9.69. The number of likely N-dealkylation sites (N-methyl/N-ethyl adjacent to an activating group) is 1. The number of ether oxygens (including phenoxy) is 1. The van der Waals surface area contributed by atoms with Crippen LogP contribution in [0.4, 0.5) is 4.79 Å². The maximum absolute atomic E-state index is 11.6. The minimum Gasteiger partial charge on any atom is -0.465 e. The molecule has 0 bridgehead atoms. The fourth-order valence-electron chi connectivity index (χ4n) is 1.17. The van der Waals surface area contributed by atoms with Crippen LogP contribution in [0.5, 0.6) is 0 Å². The highest BCUT2D eigenvalue weighted by Gasteiger charge is 2.15. The Labute approximate surface area is 97.1 Å². The second-order valence-corrected chi connectivity index (χ2v) is 3.40. The molecule has 0 saturated heterocycles. The zero-order valence-corrected chi connectivity index (χ0v) is 10.4. The van der Waals surface area contributed by atoms with Crippen molar-refractivity contribution in [1.82, 2.24) is 10.2 Å². The highest BCUT2D eigenvalue weighted by Crippen LogP contribution is 1.92. The predicted molar refractivity (Wildman–Crippen MR) is 62.2 cm³/mol. The third-order valence-electron chi connectivity index (χ3n) is 2.10. The number of amides is 2. The van der Waals surface area contributed by atoms with Crippen LogP contribution in [0.15, 0.2) is 0 Å². The van der Waals surface area contributed by atoms with Crippen LogP contribution in [0.2, 0.25) is 0 Å². The minimum atomic E-state index is -0.366. The van der Waals surface area contributed by atoms with Gasteiger partial charge in [-0.1, -0.05) is 13.3 Å². The van der Waals surface area contributed by atoms with Gasteiger partial charge in [-0.25, -0.2) is 4.79 Å². The number of urea groups is 1. The van der Waals surface area contributed by atoms with Gasteiger partial charge in [0.25, 0.3) is 0 Å². The van der Waals surface area contributed by atoms with Gasteiger partial charge in [0, 0.05) is 13.1 Å². The summed E-state index contributed by atoms with van der Waals surface area (Å²) in [5.41, 5.74) is 0. The highest BCUT2D eigenvalue weighted by atomic mass is 16.5. The van der Waals surface area contributed by atoms with Crippen molar-refractivity contribution in [3.63, 3.8) is 0 Å². The van der Waals surface area contributed by atoms with Gasteiger partial charge in [0.1, 0.15) is 6.54 Å². The molecule has 5 nitrogen and oxygen atoms in total. The first-order chi connectivity index (χ1) is 7.65. The third-order valence-corrected chi connectivity index (χ3v) is 2.10. The molecule has 16 heavy (non-hydrogen) atoms. The van der Waals surface area contributed by atoms with Gasteiger partial charge in [-0.2, -0.15) is 0 Å². The Morgan fingerprint density at radius 2 is 1.94 bits per heavy atom. The molecule has 5 heteroatoms. The lowest BCUT2D eigenvalue weighted by Crippen LogP contribution is -2.43. The van der Waals surface area contributed by atoms with Crippen LogP contribution in [-0.2, 0) is 9.53 Å². The van der Waals surface area contributed by atoms with E-state index in [1.807, 2.05) is 6.92 Å². The van der Waals surface area contributed by atoms with E-state index in [-0.39, 0.29) is 18.5 Å². The van der Waals surface area contributed by atoms with E-state index in [9.17, 15) is 9.59 Å². The molecule has 0 atom stereocenters. The van der Waals surface area contributed by atoms with E-state index in [0.717, 1.165) is 12.8 Å². The van der Waals surface area contributed by atoms with E-state index in [4.69, 9.17) is 4.74 Å². The lowest BCUT2D eigenvalue weighted by molar-refractivity contribution is -0.143. The Morgan fingerprint density at radius 1 is 1.25 bits per heavy atom. The Balaban J connectivity index is 3.96. The summed E-state index contributed by atoms with van der Waals surface area (Å²) in [6, 6.07) is -0.205. The van der Waals surface area contributed by atoms with E-state index < -0.39 is 0 Å². The molecule has 0 spiro atoms. The Kier molecular flexibility index (Phi) is 8.29. The topological polar surface area (TPSA) is 58.6 Å². The van der Waals surface area contributed by atoms with E-state index in [0.29, 0.717) is 19.7 Å². The number of nitrogens with one attached hydrogen (secondary N) is 1. The molecule has 0 aromatic rings. The average Bonchev–Trinajstić information content (AvgIpc) is 2.26. The van der Waals surface area contributed by atoms with Crippen LogP contribution in [-0.4, -0.2) is 43.1 Å². The monoisotopic (exact) mass is 230 g/mol. The van der Waals surface area contributed by atoms with Crippen LogP contribution in [0.25, 0.3) is 0 Å². The molecular weight excluding hydrogens is 208 g/mol. The standard InChI is InChI=1S/C11H22N2O3/c1-4-7-8-12-11(15)13(5-2)9-10(14)16-6-3/h4-9H2,1-3H3,(H,12,15). The molecule has 0 fully saturated rings. The largest absolute Gasteiger partial charge is 0.465 e. The Hall–Kier alpha value is -1.26. The molecule has 94 valence electrons. The van der Waals surface area contributed by atoms with Crippen molar-refractivity contribution in [2.24, 2.45) is 0 Å². The van der Waals surface area contributed by atoms with Crippen molar-refractivity contribution >= 4 is 12.0 Å². The summed E-state index contributed by atoms with van der Waals surface area (Å²) in [7, 11) is 0. The zero-order valence-electron chi connectivity index (χ0n) is 10.4. The summed E-state index contributed by atoms with van der Waals surface area (Å²) >= 11 is 0. The third kappa shape index (κ3) is 6.27. The lowest BCUT2D eigenvalue weighted by Gasteiger charge is -2.20. The number of nitrogens with zero attached hydrogens (tertiary/aromatic N) is 1. The van der Waals surface area contributed by atoms with E-state index >= 15 is 0 Å². The summed E-state index contributed by atoms with van der Waals surface area (Å²) in [5, 5.41) is 2.76. The molecule has 1 N–H and O–H groups in total. The summed E-state index contributed by atoms with van der Waals surface area (Å²) < 4.78 is 4.79. The van der Waals surface area contributed by atoms with Gasteiger partial charge >= 0.3 is 12.0 Å². The van der Waals surface area contributed by atoms with Crippen molar-refractivity contribution in [1.29, 1.82) is 0 Å². The van der Waals surface area contributed by atoms with E-state index in [1.165, 1.54) is 4.90 Å². The highest BCUT2D eigenvalue weighted by molar-refractivity contribution is 5.80. The number of hydrogen-bond acceptors (Lipinski definition) is 3. The molecule has 2 amide bonds. The first kappa shape index (κ1) is 14.7. The molecule has 0 aliphatic heterocycles. The van der Waals surface area contributed by atoms with E-state index in [1.54, 1.807) is 6.92 Å². The molecule has 0 aliphatic carbocycles. The van der Waals surface area contributed by atoms with Crippen molar-refractivity contribution in [3.05, 3.63) is 0 Å². The summed E-state index contributed by atoms with van der Waals surface area (Å²) in [6.45, 7) is 7.14. The van der Waals surface area contributed by atoms with Gasteiger partial charge in [-0.05, 0) is 20.3 Å².